The number of carbonyl (C=O) groups is 1. The summed E-state index contributed by atoms with van der Waals surface area (Å²) >= 11 is 0. The van der Waals surface area contributed by atoms with Gasteiger partial charge in [-0.3, -0.25) is 14.5 Å². The molecule has 0 N–H and O–H groups in total. The van der Waals surface area contributed by atoms with Crippen LogP contribution in [-0.4, -0.2) is 74.9 Å². The predicted octanol–water partition coefficient (Wildman–Crippen LogP) is 5.16. The van der Waals surface area contributed by atoms with Gasteiger partial charge in [-0.05, 0) is 66.9 Å². The first kappa shape index (κ1) is 29.0. The van der Waals surface area contributed by atoms with Crippen molar-refractivity contribution in [3.05, 3.63) is 89.5 Å². The number of anilines is 2. The maximum absolute atomic E-state index is 14.4. The van der Waals surface area contributed by atoms with Crippen molar-refractivity contribution in [3.8, 4) is 11.1 Å². The highest BCUT2D eigenvalue weighted by Gasteiger charge is 2.39. The first-order valence-corrected chi connectivity index (χ1v) is 14.9. The second-order valence-corrected chi connectivity index (χ2v) is 12.0. The Morgan fingerprint density at radius 2 is 1.64 bits per heavy atom. The molecule has 2 aliphatic heterocycles. The van der Waals surface area contributed by atoms with Crippen LogP contribution >= 0.6 is 0 Å². The van der Waals surface area contributed by atoms with Gasteiger partial charge >= 0.3 is 6.18 Å². The zero-order valence-corrected chi connectivity index (χ0v) is 25.3. The molecule has 232 valence electrons. The molecule has 1 amide bonds. The maximum Gasteiger partial charge on any atom is 0.435 e. The van der Waals surface area contributed by atoms with Crippen molar-refractivity contribution in [2.24, 2.45) is 7.05 Å². The van der Waals surface area contributed by atoms with Crippen LogP contribution in [0.3, 0.4) is 0 Å². The van der Waals surface area contributed by atoms with E-state index in [9.17, 15) is 18.0 Å². The van der Waals surface area contributed by atoms with Gasteiger partial charge in [-0.25, -0.2) is 4.98 Å². The number of amides is 1. The molecule has 0 spiro atoms. The van der Waals surface area contributed by atoms with Crippen molar-refractivity contribution >= 4 is 28.1 Å². The number of hydrogen-bond acceptors (Lipinski definition) is 6. The number of aryl methyl sites for hydroxylation is 2. The van der Waals surface area contributed by atoms with E-state index >= 15 is 0 Å². The van der Waals surface area contributed by atoms with E-state index in [1.165, 1.54) is 17.9 Å². The molecule has 0 bridgehead atoms. The highest BCUT2D eigenvalue weighted by Crippen LogP contribution is 2.41. The molecule has 45 heavy (non-hydrogen) atoms. The number of aromatic nitrogens is 5. The van der Waals surface area contributed by atoms with Crippen LogP contribution in [0.5, 0.6) is 0 Å². The fraction of sp³-hybridized carbons (Fsp3) is 0.333. The average Bonchev–Trinajstić information content (AvgIpc) is 3.67. The Balaban J connectivity index is 1.35. The number of halogens is 3. The summed E-state index contributed by atoms with van der Waals surface area (Å²) in [5.41, 5.74) is 3.91. The molecule has 5 aromatic rings. The van der Waals surface area contributed by atoms with Crippen molar-refractivity contribution < 1.29 is 18.0 Å². The smallest absolute Gasteiger partial charge is 0.368 e. The average molecular weight is 615 g/mol. The summed E-state index contributed by atoms with van der Waals surface area (Å²) in [7, 11) is 3.59. The summed E-state index contributed by atoms with van der Waals surface area (Å²) in [6.45, 7) is 6.41. The molecule has 12 heteroatoms. The van der Waals surface area contributed by atoms with Gasteiger partial charge in [0.15, 0.2) is 5.69 Å². The lowest BCUT2D eigenvalue weighted by molar-refractivity contribution is -0.140. The third-order valence-electron chi connectivity index (χ3n) is 8.80. The molecule has 9 nitrogen and oxygen atoms in total. The van der Waals surface area contributed by atoms with Gasteiger partial charge in [0.2, 0.25) is 0 Å². The van der Waals surface area contributed by atoms with Crippen LogP contribution in [0.2, 0.25) is 0 Å². The molecule has 0 aliphatic carbocycles. The third-order valence-corrected chi connectivity index (χ3v) is 8.80. The van der Waals surface area contributed by atoms with E-state index in [0.717, 1.165) is 48.2 Å². The monoisotopic (exact) mass is 614 g/mol. The van der Waals surface area contributed by atoms with Crippen LogP contribution < -0.4 is 9.80 Å². The zero-order valence-electron chi connectivity index (χ0n) is 25.3. The predicted molar refractivity (Wildman–Crippen MR) is 167 cm³/mol. The van der Waals surface area contributed by atoms with Crippen LogP contribution in [0.4, 0.5) is 24.5 Å². The Kier molecular flexibility index (Phi) is 7.11. The zero-order chi connectivity index (χ0) is 31.5. The number of likely N-dealkylation sites (N-methyl/N-ethyl adjacent to an activating group) is 1. The second kappa shape index (κ2) is 11.0. The summed E-state index contributed by atoms with van der Waals surface area (Å²) in [5, 5.41) is 5.65. The van der Waals surface area contributed by atoms with Crippen molar-refractivity contribution in [2.45, 2.75) is 26.1 Å². The number of imidazole rings is 1. The fourth-order valence-corrected chi connectivity index (χ4v) is 6.61. The largest absolute Gasteiger partial charge is 0.435 e. The summed E-state index contributed by atoms with van der Waals surface area (Å²) in [4.78, 5) is 29.5. The van der Waals surface area contributed by atoms with Gasteiger partial charge in [0.25, 0.3) is 5.91 Å². The summed E-state index contributed by atoms with van der Waals surface area (Å²) in [6, 6.07) is 7.81. The SMILES string of the molecule is Cc1cc(N2CCN(C)CC2)c2cncc(N3CCc4c(cc(Cn5ccnc5)cc4-c4cn(C)nc4C(F)(F)F)C3=O)c2c1. The van der Waals surface area contributed by atoms with Gasteiger partial charge < -0.3 is 19.3 Å². The molecular weight excluding hydrogens is 581 g/mol. The lowest BCUT2D eigenvalue weighted by Crippen LogP contribution is -2.44. The molecule has 0 saturated carbocycles. The highest BCUT2D eigenvalue weighted by atomic mass is 19.4. The normalized spacial score (nSPS) is 16.1. The van der Waals surface area contributed by atoms with Crippen molar-refractivity contribution in [1.82, 2.24) is 29.2 Å². The molecule has 5 heterocycles. The number of fused-ring (bicyclic) bond motifs is 2. The quantitative estimate of drug-likeness (QED) is 0.272. The number of rotatable bonds is 5. The van der Waals surface area contributed by atoms with Gasteiger partial charge in [-0.1, -0.05) is 0 Å². The highest BCUT2D eigenvalue weighted by molar-refractivity contribution is 6.14. The van der Waals surface area contributed by atoms with E-state index < -0.39 is 11.9 Å². The first-order valence-electron chi connectivity index (χ1n) is 14.9. The van der Waals surface area contributed by atoms with Crippen LogP contribution in [0.25, 0.3) is 21.9 Å². The molecular formula is C33H33F3N8O. The van der Waals surface area contributed by atoms with E-state index in [-0.39, 0.29) is 11.5 Å². The molecule has 0 radical (unpaired) electrons. The standard InChI is InChI=1S/C33H33F3N8O/c1-21-12-25-27(29(13-21)43-10-8-40(2)9-11-43)16-38-17-30(25)44-6-4-23-24(28-19-41(3)39-31(28)33(34,35)36)14-22(15-26(23)32(44)45)18-42-7-5-37-20-42/h5,7,12-17,19-20H,4,6,8-11,18H2,1-3H3. The minimum absolute atomic E-state index is 0.0331. The van der Waals surface area contributed by atoms with E-state index in [4.69, 9.17) is 0 Å². The van der Waals surface area contributed by atoms with E-state index in [1.807, 2.05) is 10.8 Å². The van der Waals surface area contributed by atoms with Crippen LogP contribution in [0, 0.1) is 6.92 Å². The van der Waals surface area contributed by atoms with Crippen LogP contribution in [0.1, 0.15) is 32.7 Å². The molecule has 7 rings (SSSR count). The number of pyridine rings is 1. The number of hydrogen-bond donors (Lipinski definition) is 0. The third kappa shape index (κ3) is 5.33. The lowest BCUT2D eigenvalue weighted by atomic mass is 9.87. The van der Waals surface area contributed by atoms with Gasteiger partial charge in [0.05, 0.1) is 18.2 Å². The molecule has 1 fully saturated rings. The second-order valence-electron chi connectivity index (χ2n) is 12.0. The van der Waals surface area contributed by atoms with E-state index in [0.29, 0.717) is 47.5 Å². The van der Waals surface area contributed by atoms with Crippen molar-refractivity contribution in [1.29, 1.82) is 0 Å². The minimum atomic E-state index is -4.65. The number of carbonyl (C=O) groups excluding carboxylic acids is 1. The van der Waals surface area contributed by atoms with E-state index in [1.54, 1.807) is 42.0 Å². The van der Waals surface area contributed by atoms with Gasteiger partial charge in [-0.15, -0.1) is 0 Å². The van der Waals surface area contributed by atoms with Crippen molar-refractivity contribution in [2.75, 3.05) is 49.6 Å². The van der Waals surface area contributed by atoms with Crippen molar-refractivity contribution in [3.63, 3.8) is 0 Å². The number of benzene rings is 2. The molecule has 1 saturated heterocycles. The molecule has 3 aromatic heterocycles. The number of alkyl halides is 3. The van der Waals surface area contributed by atoms with E-state index in [2.05, 4.69) is 51.0 Å². The maximum atomic E-state index is 14.4. The Labute approximate surface area is 258 Å². The Morgan fingerprint density at radius 3 is 2.38 bits per heavy atom. The fourth-order valence-electron chi connectivity index (χ4n) is 6.61. The summed E-state index contributed by atoms with van der Waals surface area (Å²) in [5.74, 6) is -0.264. The van der Waals surface area contributed by atoms with Crippen LogP contribution in [0.15, 0.2) is 61.6 Å². The first-order chi connectivity index (χ1) is 21.6. The van der Waals surface area contributed by atoms with Gasteiger partial charge in [0, 0.05) is 98.7 Å². The lowest BCUT2D eigenvalue weighted by Gasteiger charge is -2.35. The van der Waals surface area contributed by atoms with Gasteiger partial charge in [-0.2, -0.15) is 18.3 Å². The number of piperazine rings is 1. The van der Waals surface area contributed by atoms with Crippen LogP contribution in [-0.2, 0) is 26.2 Å². The van der Waals surface area contributed by atoms with Gasteiger partial charge in [0.1, 0.15) is 0 Å². The summed E-state index contributed by atoms with van der Waals surface area (Å²) < 4.78 is 45.4. The molecule has 2 aliphatic rings. The Bertz CT molecular complexity index is 1910. The molecule has 0 atom stereocenters. The Hall–Kier alpha value is -4.71. The summed E-state index contributed by atoms with van der Waals surface area (Å²) in [6.07, 6.45) is 5.74. The topological polar surface area (TPSA) is 75.3 Å². The Morgan fingerprint density at radius 1 is 0.867 bits per heavy atom. The molecule has 0 unspecified atom stereocenters. The number of nitrogens with zero attached hydrogens (tertiary/aromatic N) is 8. The molecule has 2 aromatic carbocycles. The minimum Gasteiger partial charge on any atom is -0.368 e.